The Hall–Kier alpha value is -3.31. The Labute approximate surface area is 160 Å². The van der Waals surface area contributed by atoms with Crippen LogP contribution in [0.2, 0.25) is 5.02 Å². The minimum absolute atomic E-state index is 0.0230. The van der Waals surface area contributed by atoms with Crippen LogP contribution in [-0.4, -0.2) is 20.2 Å². The number of rotatable bonds is 4. The summed E-state index contributed by atoms with van der Waals surface area (Å²) >= 11 is 6.03. The lowest BCUT2D eigenvalue weighted by Gasteiger charge is -2.22. The number of nitrogens with zero attached hydrogens (tertiary/aromatic N) is 2. The van der Waals surface area contributed by atoms with E-state index in [2.05, 4.69) is 15.3 Å². The molecule has 2 heterocycles. The van der Waals surface area contributed by atoms with Crippen LogP contribution in [0.5, 0.6) is 11.5 Å². The highest BCUT2D eigenvalue weighted by Gasteiger charge is 2.21. The van der Waals surface area contributed by atoms with Crippen LogP contribution < -0.4 is 5.32 Å². The predicted molar refractivity (Wildman–Crippen MR) is 106 cm³/mol. The summed E-state index contributed by atoms with van der Waals surface area (Å²) in [6.07, 6.45) is 3.23. The van der Waals surface area contributed by atoms with E-state index >= 15 is 0 Å². The van der Waals surface area contributed by atoms with E-state index in [-0.39, 0.29) is 11.5 Å². The van der Waals surface area contributed by atoms with E-state index in [1.165, 1.54) is 0 Å². The standard InChI is InChI=1S/C21H16ClN3O2/c22-15-8-5-14(6-9-15)18(25-21-17(26)4-2-12-24-21)16-10-7-13-3-1-11-23-19(13)20(16)27/h1-12,18,26-27H,(H,24,25)/t18-/m1/s1. The number of aromatic hydroxyl groups is 2. The van der Waals surface area contributed by atoms with Gasteiger partial charge in [-0.05, 0) is 35.9 Å². The van der Waals surface area contributed by atoms with Gasteiger partial charge >= 0.3 is 0 Å². The number of nitrogens with one attached hydrogen (secondary N) is 1. The first-order chi connectivity index (χ1) is 13.1. The van der Waals surface area contributed by atoms with Gasteiger partial charge in [-0.15, -0.1) is 0 Å². The minimum atomic E-state index is -0.463. The topological polar surface area (TPSA) is 78.3 Å². The van der Waals surface area contributed by atoms with Crippen LogP contribution in [0.1, 0.15) is 17.2 Å². The number of fused-ring (bicyclic) bond motifs is 1. The first kappa shape index (κ1) is 17.1. The molecule has 4 aromatic rings. The Morgan fingerprint density at radius 1 is 0.852 bits per heavy atom. The normalized spacial score (nSPS) is 12.0. The summed E-state index contributed by atoms with van der Waals surface area (Å²) in [4.78, 5) is 8.49. The molecular formula is C21H16ClN3O2. The first-order valence-electron chi connectivity index (χ1n) is 8.36. The molecule has 2 aromatic heterocycles. The van der Waals surface area contributed by atoms with Crippen LogP contribution in [0, 0.1) is 0 Å². The molecular weight excluding hydrogens is 362 g/mol. The van der Waals surface area contributed by atoms with Gasteiger partial charge in [0.15, 0.2) is 11.6 Å². The van der Waals surface area contributed by atoms with Gasteiger partial charge in [-0.2, -0.15) is 0 Å². The van der Waals surface area contributed by atoms with Crippen LogP contribution >= 0.6 is 11.6 Å². The molecule has 0 aliphatic carbocycles. The molecule has 3 N–H and O–H groups in total. The Morgan fingerprint density at radius 2 is 1.59 bits per heavy atom. The van der Waals surface area contributed by atoms with Gasteiger partial charge in [-0.3, -0.25) is 4.98 Å². The molecule has 134 valence electrons. The Morgan fingerprint density at radius 3 is 2.37 bits per heavy atom. The number of phenols is 1. The minimum Gasteiger partial charge on any atom is -0.505 e. The molecule has 0 saturated carbocycles. The van der Waals surface area contributed by atoms with E-state index in [0.717, 1.165) is 10.9 Å². The summed E-state index contributed by atoms with van der Waals surface area (Å²) in [5, 5.41) is 25.7. The Balaban J connectivity index is 1.86. The molecule has 2 aromatic carbocycles. The maximum absolute atomic E-state index is 10.9. The fraction of sp³-hybridized carbons (Fsp3) is 0.0476. The molecule has 0 aliphatic rings. The lowest BCUT2D eigenvalue weighted by atomic mass is 9.96. The summed E-state index contributed by atoms with van der Waals surface area (Å²) in [6, 6.07) is 17.5. The van der Waals surface area contributed by atoms with Gasteiger partial charge in [-0.1, -0.05) is 41.9 Å². The van der Waals surface area contributed by atoms with Crippen molar-refractivity contribution in [3.05, 3.63) is 89.2 Å². The quantitative estimate of drug-likeness (QED) is 0.471. The predicted octanol–water partition coefficient (Wildman–Crippen LogP) is 4.90. The molecule has 1 atom stereocenters. The molecule has 0 radical (unpaired) electrons. The third-order valence-electron chi connectivity index (χ3n) is 4.36. The average molecular weight is 378 g/mol. The third-order valence-corrected chi connectivity index (χ3v) is 4.61. The number of benzene rings is 2. The van der Waals surface area contributed by atoms with Gasteiger partial charge < -0.3 is 15.5 Å². The molecule has 4 rings (SSSR count). The smallest absolute Gasteiger partial charge is 0.169 e. The van der Waals surface area contributed by atoms with Crippen molar-refractivity contribution < 1.29 is 10.2 Å². The third kappa shape index (κ3) is 3.37. The summed E-state index contributed by atoms with van der Waals surface area (Å²) < 4.78 is 0. The fourth-order valence-electron chi connectivity index (χ4n) is 3.02. The number of phenolic OH excluding ortho intramolecular Hbond substituents is 1. The monoisotopic (exact) mass is 377 g/mol. The lowest BCUT2D eigenvalue weighted by Crippen LogP contribution is -2.14. The van der Waals surface area contributed by atoms with Crippen LogP contribution in [0.15, 0.2) is 73.1 Å². The zero-order valence-corrected chi connectivity index (χ0v) is 14.9. The second-order valence-corrected chi connectivity index (χ2v) is 6.51. The Bertz CT molecular complexity index is 1100. The summed E-state index contributed by atoms with van der Waals surface area (Å²) in [7, 11) is 0. The maximum Gasteiger partial charge on any atom is 0.169 e. The van der Waals surface area contributed by atoms with E-state index in [1.807, 2.05) is 36.4 Å². The molecule has 27 heavy (non-hydrogen) atoms. The van der Waals surface area contributed by atoms with E-state index in [1.54, 1.807) is 36.7 Å². The molecule has 0 aliphatic heterocycles. The molecule has 5 nitrogen and oxygen atoms in total. The number of anilines is 1. The van der Waals surface area contributed by atoms with Crippen molar-refractivity contribution in [2.75, 3.05) is 5.32 Å². The molecule has 0 bridgehead atoms. The van der Waals surface area contributed by atoms with E-state index in [4.69, 9.17) is 11.6 Å². The highest BCUT2D eigenvalue weighted by molar-refractivity contribution is 6.30. The van der Waals surface area contributed by atoms with Crippen LogP contribution in [0.4, 0.5) is 5.82 Å². The molecule has 0 fully saturated rings. The molecule has 0 amide bonds. The van der Waals surface area contributed by atoms with E-state index in [9.17, 15) is 10.2 Å². The number of aromatic nitrogens is 2. The van der Waals surface area contributed by atoms with Gasteiger partial charge in [0.25, 0.3) is 0 Å². The zero-order chi connectivity index (χ0) is 18.8. The second kappa shape index (κ2) is 7.13. The van der Waals surface area contributed by atoms with E-state index < -0.39 is 6.04 Å². The van der Waals surface area contributed by atoms with Crippen molar-refractivity contribution in [1.82, 2.24) is 9.97 Å². The number of pyridine rings is 2. The molecule has 0 saturated heterocycles. The lowest BCUT2D eigenvalue weighted by molar-refractivity contribution is 0.468. The molecule has 0 unspecified atom stereocenters. The Kier molecular flexibility index (Phi) is 4.52. The summed E-state index contributed by atoms with van der Waals surface area (Å²) in [5.74, 6) is 0.420. The summed E-state index contributed by atoms with van der Waals surface area (Å²) in [5.41, 5.74) is 1.99. The van der Waals surface area contributed by atoms with Crippen molar-refractivity contribution in [2.45, 2.75) is 6.04 Å². The van der Waals surface area contributed by atoms with Crippen molar-refractivity contribution in [3.63, 3.8) is 0 Å². The number of hydrogen-bond acceptors (Lipinski definition) is 5. The van der Waals surface area contributed by atoms with Crippen molar-refractivity contribution in [1.29, 1.82) is 0 Å². The molecule has 0 spiro atoms. The average Bonchev–Trinajstić information content (AvgIpc) is 2.69. The number of halogens is 1. The van der Waals surface area contributed by atoms with E-state index in [0.29, 0.717) is 21.9 Å². The largest absolute Gasteiger partial charge is 0.505 e. The van der Waals surface area contributed by atoms with Crippen LogP contribution in [0.3, 0.4) is 0 Å². The highest BCUT2D eigenvalue weighted by atomic mass is 35.5. The zero-order valence-electron chi connectivity index (χ0n) is 14.2. The van der Waals surface area contributed by atoms with Gasteiger partial charge in [0.1, 0.15) is 11.3 Å². The second-order valence-electron chi connectivity index (χ2n) is 6.08. The van der Waals surface area contributed by atoms with Gasteiger partial charge in [0.2, 0.25) is 0 Å². The van der Waals surface area contributed by atoms with Gasteiger partial charge in [-0.25, -0.2) is 4.98 Å². The highest BCUT2D eigenvalue weighted by Crippen LogP contribution is 2.37. The van der Waals surface area contributed by atoms with Crippen molar-refractivity contribution in [3.8, 4) is 11.5 Å². The first-order valence-corrected chi connectivity index (χ1v) is 8.74. The summed E-state index contributed by atoms with van der Waals surface area (Å²) in [6.45, 7) is 0. The molecule has 6 heteroatoms. The van der Waals surface area contributed by atoms with Crippen molar-refractivity contribution >= 4 is 28.3 Å². The van der Waals surface area contributed by atoms with Crippen LogP contribution in [-0.2, 0) is 0 Å². The van der Waals surface area contributed by atoms with Crippen molar-refractivity contribution in [2.24, 2.45) is 0 Å². The number of hydrogen-bond donors (Lipinski definition) is 3. The SMILES string of the molecule is Oc1cccnc1N[C@H](c1ccc(Cl)cc1)c1ccc2cccnc2c1O. The fourth-order valence-corrected chi connectivity index (χ4v) is 3.14. The maximum atomic E-state index is 10.9. The van der Waals surface area contributed by atoms with Crippen LogP contribution in [0.25, 0.3) is 10.9 Å². The van der Waals surface area contributed by atoms with Gasteiger partial charge in [0, 0.05) is 28.4 Å². The van der Waals surface area contributed by atoms with Gasteiger partial charge in [0.05, 0.1) is 6.04 Å².